The van der Waals surface area contributed by atoms with Crippen molar-refractivity contribution < 1.29 is 27.5 Å². The molecule has 9 nitrogen and oxygen atoms in total. The van der Waals surface area contributed by atoms with Crippen LogP contribution in [0.25, 0.3) is 0 Å². The van der Waals surface area contributed by atoms with Crippen LogP contribution in [0, 0.1) is 5.92 Å². The number of amides is 2. The lowest BCUT2D eigenvalue weighted by Gasteiger charge is -2.32. The number of anilines is 1. The van der Waals surface area contributed by atoms with Crippen LogP contribution in [0.5, 0.6) is 11.5 Å². The van der Waals surface area contributed by atoms with Crippen LogP contribution in [-0.4, -0.2) is 58.5 Å². The maximum Gasteiger partial charge on any atom is 0.264 e. The second-order valence-electron chi connectivity index (χ2n) is 9.93. The van der Waals surface area contributed by atoms with Crippen molar-refractivity contribution in [3.63, 3.8) is 0 Å². The zero-order valence-electron chi connectivity index (χ0n) is 24.1. The number of nitrogens with zero attached hydrogens (tertiary/aromatic N) is 2. The van der Waals surface area contributed by atoms with Crippen LogP contribution >= 0.6 is 23.2 Å². The molecular weight excluding hydrogens is 601 g/mol. The van der Waals surface area contributed by atoms with E-state index in [2.05, 4.69) is 5.32 Å². The van der Waals surface area contributed by atoms with Crippen molar-refractivity contribution in [2.24, 2.45) is 5.92 Å². The first-order chi connectivity index (χ1) is 19.9. The van der Waals surface area contributed by atoms with E-state index in [1.165, 1.54) is 43.4 Å². The molecule has 42 heavy (non-hydrogen) atoms. The maximum absolute atomic E-state index is 14.1. The zero-order valence-corrected chi connectivity index (χ0v) is 26.5. The Labute approximate surface area is 257 Å². The molecule has 0 aliphatic rings. The highest BCUT2D eigenvalue weighted by Crippen LogP contribution is 2.33. The minimum absolute atomic E-state index is 0.0583. The second kappa shape index (κ2) is 14.6. The quantitative estimate of drug-likeness (QED) is 0.270. The molecule has 3 rings (SSSR count). The highest BCUT2D eigenvalue weighted by Gasteiger charge is 2.34. The van der Waals surface area contributed by atoms with E-state index < -0.39 is 28.5 Å². The number of carbonyl (C=O) groups excluding carboxylic acids is 2. The van der Waals surface area contributed by atoms with Crippen molar-refractivity contribution in [2.45, 2.75) is 38.3 Å². The Balaban J connectivity index is 2.07. The molecule has 0 saturated carbocycles. The first-order valence-electron chi connectivity index (χ1n) is 13.2. The Bertz CT molecular complexity index is 1500. The van der Waals surface area contributed by atoms with Crippen LogP contribution in [0.15, 0.2) is 71.6 Å². The zero-order chi connectivity index (χ0) is 31.0. The predicted molar refractivity (Wildman–Crippen MR) is 165 cm³/mol. The number of rotatable bonds is 13. The summed E-state index contributed by atoms with van der Waals surface area (Å²) in [7, 11) is -1.40. The SMILES string of the molecule is COc1ccc(S(=O)(=O)N(CC(=O)N(Cc2ccc(Cl)cc2Cl)C(C)C(=O)NCC(C)C)c2ccccc2OC)cc1. The van der Waals surface area contributed by atoms with Gasteiger partial charge in [-0.1, -0.05) is 55.2 Å². The van der Waals surface area contributed by atoms with Crippen LogP contribution in [0.4, 0.5) is 5.69 Å². The van der Waals surface area contributed by atoms with Crippen molar-refractivity contribution in [3.8, 4) is 11.5 Å². The minimum atomic E-state index is -4.29. The van der Waals surface area contributed by atoms with Gasteiger partial charge in [-0.25, -0.2) is 8.42 Å². The van der Waals surface area contributed by atoms with Gasteiger partial charge in [-0.3, -0.25) is 13.9 Å². The van der Waals surface area contributed by atoms with Gasteiger partial charge in [-0.2, -0.15) is 0 Å². The van der Waals surface area contributed by atoms with Crippen molar-refractivity contribution in [2.75, 3.05) is 31.6 Å². The number of halogens is 2. The summed E-state index contributed by atoms with van der Waals surface area (Å²) >= 11 is 12.5. The molecule has 0 aliphatic heterocycles. The normalized spacial score (nSPS) is 12.0. The van der Waals surface area contributed by atoms with Gasteiger partial charge in [0, 0.05) is 23.1 Å². The Morgan fingerprint density at radius 3 is 2.19 bits per heavy atom. The molecule has 0 heterocycles. The van der Waals surface area contributed by atoms with Crippen molar-refractivity contribution in [1.82, 2.24) is 10.2 Å². The molecule has 3 aromatic carbocycles. The van der Waals surface area contributed by atoms with Gasteiger partial charge in [0.1, 0.15) is 24.1 Å². The summed E-state index contributed by atoms with van der Waals surface area (Å²) in [5.41, 5.74) is 0.699. The van der Waals surface area contributed by atoms with Crippen LogP contribution in [0.1, 0.15) is 26.3 Å². The summed E-state index contributed by atoms with van der Waals surface area (Å²) in [5.74, 6) is -0.106. The molecule has 0 aliphatic carbocycles. The Hall–Kier alpha value is -3.47. The number of hydrogen-bond acceptors (Lipinski definition) is 6. The highest BCUT2D eigenvalue weighted by molar-refractivity contribution is 7.92. The third-order valence-corrected chi connectivity index (χ3v) is 8.85. The molecule has 1 N–H and O–H groups in total. The average Bonchev–Trinajstić information content (AvgIpc) is 2.97. The topological polar surface area (TPSA) is 105 Å². The van der Waals surface area contributed by atoms with E-state index in [0.717, 1.165) is 4.31 Å². The number of nitrogens with one attached hydrogen (secondary N) is 1. The molecule has 2 amide bonds. The predicted octanol–water partition coefficient (Wildman–Crippen LogP) is 5.40. The van der Waals surface area contributed by atoms with Crippen LogP contribution < -0.4 is 19.1 Å². The maximum atomic E-state index is 14.1. The molecule has 12 heteroatoms. The van der Waals surface area contributed by atoms with Crippen LogP contribution in [-0.2, 0) is 26.2 Å². The third-order valence-electron chi connectivity index (χ3n) is 6.49. The van der Waals surface area contributed by atoms with Gasteiger partial charge in [-0.15, -0.1) is 0 Å². The lowest BCUT2D eigenvalue weighted by molar-refractivity contribution is -0.139. The first kappa shape index (κ1) is 33.0. The highest BCUT2D eigenvalue weighted by atomic mass is 35.5. The van der Waals surface area contributed by atoms with Gasteiger partial charge in [0.25, 0.3) is 10.0 Å². The van der Waals surface area contributed by atoms with Crippen molar-refractivity contribution in [3.05, 3.63) is 82.3 Å². The first-order valence-corrected chi connectivity index (χ1v) is 15.4. The summed E-state index contributed by atoms with van der Waals surface area (Å²) in [6.45, 7) is 5.22. The second-order valence-corrected chi connectivity index (χ2v) is 12.6. The largest absolute Gasteiger partial charge is 0.497 e. The lowest BCUT2D eigenvalue weighted by Crippen LogP contribution is -2.51. The molecule has 0 aromatic heterocycles. The smallest absolute Gasteiger partial charge is 0.264 e. The van der Waals surface area contributed by atoms with E-state index in [1.807, 2.05) is 13.8 Å². The number of carbonyl (C=O) groups is 2. The number of para-hydroxylation sites is 2. The summed E-state index contributed by atoms with van der Waals surface area (Å²) in [6, 6.07) is 16.2. The lowest BCUT2D eigenvalue weighted by atomic mass is 10.1. The minimum Gasteiger partial charge on any atom is -0.497 e. The summed E-state index contributed by atoms with van der Waals surface area (Å²) in [4.78, 5) is 28.5. The number of benzene rings is 3. The van der Waals surface area contributed by atoms with Crippen molar-refractivity contribution in [1.29, 1.82) is 0 Å². The fourth-order valence-electron chi connectivity index (χ4n) is 4.09. The van der Waals surface area contributed by atoms with E-state index in [0.29, 0.717) is 27.9 Å². The summed E-state index contributed by atoms with van der Waals surface area (Å²) in [6.07, 6.45) is 0. The van der Waals surface area contributed by atoms with Gasteiger partial charge in [0.15, 0.2) is 0 Å². The van der Waals surface area contributed by atoms with Gasteiger partial charge in [-0.05, 0) is 66.9 Å². The molecular formula is C30H35Cl2N3O6S. The molecule has 0 radical (unpaired) electrons. The van der Waals surface area contributed by atoms with Gasteiger partial charge in [0.2, 0.25) is 11.8 Å². The molecule has 0 bridgehead atoms. The van der Waals surface area contributed by atoms with E-state index in [9.17, 15) is 18.0 Å². The fraction of sp³-hybridized carbons (Fsp3) is 0.333. The van der Waals surface area contributed by atoms with Gasteiger partial charge < -0.3 is 19.7 Å². The molecule has 0 fully saturated rings. The summed E-state index contributed by atoms with van der Waals surface area (Å²) < 4.78 is 39.7. The molecule has 0 spiro atoms. The average molecular weight is 637 g/mol. The molecule has 3 aromatic rings. The van der Waals surface area contributed by atoms with Crippen LogP contribution in [0.2, 0.25) is 10.0 Å². The summed E-state index contributed by atoms with van der Waals surface area (Å²) in [5, 5.41) is 3.57. The van der Waals surface area contributed by atoms with E-state index in [-0.39, 0.29) is 34.7 Å². The molecule has 1 unspecified atom stereocenters. The van der Waals surface area contributed by atoms with Gasteiger partial charge in [0.05, 0.1) is 24.8 Å². The Morgan fingerprint density at radius 2 is 1.60 bits per heavy atom. The molecule has 0 saturated heterocycles. The monoisotopic (exact) mass is 635 g/mol. The standard InChI is InChI=1S/C30H35Cl2N3O6S/c1-20(2)17-33-30(37)21(3)34(18-22-10-11-23(31)16-26(22)32)29(36)19-35(27-8-6-7-9-28(27)41-5)42(38,39)25-14-12-24(40-4)13-15-25/h6-16,20-21H,17-19H2,1-5H3,(H,33,37). The molecule has 226 valence electrons. The van der Waals surface area contributed by atoms with E-state index in [4.69, 9.17) is 32.7 Å². The fourth-order valence-corrected chi connectivity index (χ4v) is 5.99. The van der Waals surface area contributed by atoms with Crippen molar-refractivity contribution >= 4 is 50.7 Å². The van der Waals surface area contributed by atoms with E-state index >= 15 is 0 Å². The van der Waals surface area contributed by atoms with E-state index in [1.54, 1.807) is 49.4 Å². The Morgan fingerprint density at radius 1 is 0.929 bits per heavy atom. The third kappa shape index (κ3) is 8.08. The van der Waals surface area contributed by atoms with Gasteiger partial charge >= 0.3 is 0 Å². The number of sulfonamides is 1. The Kier molecular flexibility index (Phi) is 11.5. The number of hydrogen-bond donors (Lipinski definition) is 1. The molecule has 1 atom stereocenters. The number of methoxy groups -OCH3 is 2. The number of ether oxygens (including phenoxy) is 2. The van der Waals surface area contributed by atoms with Crippen LogP contribution in [0.3, 0.4) is 0 Å².